The molecule has 2 heterocycles. The average molecular weight is 465 g/mol. The van der Waals surface area contributed by atoms with Crippen LogP contribution in [0.2, 0.25) is 0 Å². The number of aliphatic imine (C=N–C) groups is 1. The number of ether oxygens (including phenoxy) is 1. The molecule has 2 aliphatic heterocycles. The Morgan fingerprint density at radius 3 is 2.82 bits per heavy atom. The Hall–Kier alpha value is -3.42. The molecule has 34 heavy (non-hydrogen) atoms. The highest BCUT2D eigenvalue weighted by Gasteiger charge is 2.40. The van der Waals surface area contributed by atoms with Crippen molar-refractivity contribution in [1.29, 1.82) is 0 Å². The number of benzene rings is 2. The van der Waals surface area contributed by atoms with Crippen LogP contribution >= 0.6 is 0 Å². The van der Waals surface area contributed by atoms with Gasteiger partial charge in [-0.05, 0) is 49.1 Å². The third kappa shape index (κ3) is 4.76. The quantitative estimate of drug-likeness (QED) is 0.682. The number of carbonyl (C=O) groups is 2. The molecule has 0 aromatic heterocycles. The molecular weight excluding hydrogens is 435 g/mol. The molecule has 2 amide bonds. The summed E-state index contributed by atoms with van der Waals surface area (Å²) >= 11 is 0. The van der Waals surface area contributed by atoms with Gasteiger partial charge in [0.2, 0.25) is 5.91 Å². The summed E-state index contributed by atoms with van der Waals surface area (Å²) in [6.07, 6.45) is 4.11. The van der Waals surface area contributed by atoms with E-state index < -0.39 is 11.4 Å². The van der Waals surface area contributed by atoms with Crippen molar-refractivity contribution in [2.24, 2.45) is 16.6 Å². The molecule has 5 rings (SSSR count). The standard InChI is InChI=1S/C26H29FN4O3/c1-26(13-16-6-7-16)14-23(32)31(25(28)30-26)15-17-10-18(12-19(27)11-17)24(33)29-21-8-9-34-22-5-3-2-4-20(21)22/h2-5,10-12,16,21H,6-9,13-15H2,1H3,(H2,28,30)(H,29,33)/t21-,26-/m1/s1. The zero-order valence-electron chi connectivity index (χ0n) is 19.2. The maximum atomic E-state index is 14.5. The Labute approximate surface area is 198 Å². The number of carbonyl (C=O) groups excluding carboxylic acids is 2. The van der Waals surface area contributed by atoms with E-state index in [4.69, 9.17) is 10.5 Å². The summed E-state index contributed by atoms with van der Waals surface area (Å²) in [6.45, 7) is 2.52. The highest BCUT2D eigenvalue weighted by atomic mass is 19.1. The second kappa shape index (κ2) is 8.74. The first-order chi connectivity index (χ1) is 16.3. The molecule has 2 atom stereocenters. The van der Waals surface area contributed by atoms with Crippen molar-refractivity contribution in [2.75, 3.05) is 6.61 Å². The van der Waals surface area contributed by atoms with E-state index in [2.05, 4.69) is 10.3 Å². The van der Waals surface area contributed by atoms with Gasteiger partial charge in [0.25, 0.3) is 5.91 Å². The van der Waals surface area contributed by atoms with Crippen molar-refractivity contribution < 1.29 is 18.7 Å². The maximum absolute atomic E-state index is 14.5. The number of nitrogens with zero attached hydrogens (tertiary/aromatic N) is 2. The average Bonchev–Trinajstić information content (AvgIpc) is 3.59. The lowest BCUT2D eigenvalue weighted by Gasteiger charge is -2.35. The number of rotatable bonds is 6. The van der Waals surface area contributed by atoms with Gasteiger partial charge >= 0.3 is 0 Å². The van der Waals surface area contributed by atoms with E-state index in [1.54, 1.807) is 6.07 Å². The van der Waals surface area contributed by atoms with Crippen LogP contribution in [0.15, 0.2) is 47.5 Å². The Morgan fingerprint density at radius 1 is 1.26 bits per heavy atom. The first kappa shape index (κ1) is 22.4. The van der Waals surface area contributed by atoms with Crippen molar-refractivity contribution >= 4 is 17.8 Å². The molecule has 0 radical (unpaired) electrons. The molecule has 1 fully saturated rings. The maximum Gasteiger partial charge on any atom is 0.251 e. The number of nitrogens with two attached hydrogens (primary N) is 1. The van der Waals surface area contributed by atoms with E-state index in [9.17, 15) is 14.0 Å². The summed E-state index contributed by atoms with van der Waals surface area (Å²) in [7, 11) is 0. The summed E-state index contributed by atoms with van der Waals surface area (Å²) in [5.41, 5.74) is 7.26. The number of hydrogen-bond donors (Lipinski definition) is 2. The fraction of sp³-hybridized carbons (Fsp3) is 0.423. The molecule has 0 unspecified atom stereocenters. The number of nitrogens with one attached hydrogen (secondary N) is 1. The van der Waals surface area contributed by atoms with Crippen molar-refractivity contribution in [3.05, 3.63) is 65.0 Å². The van der Waals surface area contributed by atoms with Crippen molar-refractivity contribution in [3.63, 3.8) is 0 Å². The van der Waals surface area contributed by atoms with Gasteiger partial charge in [0.05, 0.1) is 31.2 Å². The van der Waals surface area contributed by atoms with Gasteiger partial charge in [0.15, 0.2) is 5.96 Å². The molecule has 3 N–H and O–H groups in total. The topological polar surface area (TPSA) is 97.0 Å². The van der Waals surface area contributed by atoms with Crippen molar-refractivity contribution in [3.8, 4) is 5.75 Å². The van der Waals surface area contributed by atoms with Crippen LogP contribution in [0, 0.1) is 11.7 Å². The molecule has 2 aromatic rings. The van der Waals surface area contributed by atoms with E-state index in [1.165, 1.54) is 29.9 Å². The van der Waals surface area contributed by atoms with Gasteiger partial charge in [-0.25, -0.2) is 9.38 Å². The predicted octanol–water partition coefficient (Wildman–Crippen LogP) is 3.69. The molecule has 7 nitrogen and oxygen atoms in total. The molecule has 1 aliphatic carbocycles. The molecule has 178 valence electrons. The van der Waals surface area contributed by atoms with Crippen molar-refractivity contribution in [1.82, 2.24) is 10.2 Å². The number of fused-ring (bicyclic) bond motifs is 1. The van der Waals surface area contributed by atoms with Crippen LogP contribution in [0.4, 0.5) is 4.39 Å². The van der Waals surface area contributed by atoms with Crippen LogP contribution in [0.25, 0.3) is 0 Å². The molecule has 1 saturated carbocycles. The van der Waals surface area contributed by atoms with Gasteiger partial charge in [0, 0.05) is 17.5 Å². The molecule has 3 aliphatic rings. The Morgan fingerprint density at radius 2 is 2.06 bits per heavy atom. The highest BCUT2D eigenvalue weighted by molar-refractivity contribution is 5.99. The first-order valence-electron chi connectivity index (χ1n) is 11.8. The SMILES string of the molecule is C[C@@]1(CC2CC2)CC(=O)N(Cc2cc(F)cc(C(=O)N[C@@H]3CCOc4ccccc43)c2)C(N)=N1. The molecule has 8 heteroatoms. The normalized spacial score (nSPS) is 24.2. The van der Waals surface area contributed by atoms with Gasteiger partial charge < -0.3 is 15.8 Å². The van der Waals surface area contributed by atoms with Crippen LogP contribution in [0.3, 0.4) is 0 Å². The van der Waals surface area contributed by atoms with E-state index in [1.807, 2.05) is 31.2 Å². The minimum atomic E-state index is -0.548. The summed E-state index contributed by atoms with van der Waals surface area (Å²) in [6, 6.07) is 11.5. The van der Waals surface area contributed by atoms with Crippen LogP contribution in [0.5, 0.6) is 5.75 Å². The molecule has 0 spiro atoms. The Balaban J connectivity index is 1.32. The third-order valence-electron chi connectivity index (χ3n) is 6.74. The van der Waals surface area contributed by atoms with Crippen LogP contribution in [-0.2, 0) is 11.3 Å². The number of halogens is 1. The van der Waals surface area contributed by atoms with E-state index >= 15 is 0 Å². The fourth-order valence-corrected chi connectivity index (χ4v) is 4.95. The number of para-hydroxylation sites is 1. The number of hydrogen-bond acceptors (Lipinski definition) is 5. The molecule has 0 bridgehead atoms. The van der Waals surface area contributed by atoms with Crippen LogP contribution in [-0.4, -0.2) is 34.8 Å². The first-order valence-corrected chi connectivity index (χ1v) is 11.8. The molecular formula is C26H29FN4O3. The van der Waals surface area contributed by atoms with Gasteiger partial charge in [-0.1, -0.05) is 31.0 Å². The highest BCUT2D eigenvalue weighted by Crippen LogP contribution is 2.40. The number of guanidine groups is 1. The van der Waals surface area contributed by atoms with Gasteiger partial charge in [-0.2, -0.15) is 0 Å². The van der Waals surface area contributed by atoms with Crippen molar-refractivity contribution in [2.45, 2.75) is 57.2 Å². The Kier molecular flexibility index (Phi) is 5.75. The zero-order chi connectivity index (χ0) is 23.9. The lowest BCUT2D eigenvalue weighted by atomic mass is 9.90. The van der Waals surface area contributed by atoms with E-state index in [0.717, 1.165) is 17.7 Å². The lowest BCUT2D eigenvalue weighted by Crippen LogP contribution is -2.50. The molecule has 2 aromatic carbocycles. The summed E-state index contributed by atoms with van der Waals surface area (Å²) in [5.74, 6) is 0.441. The fourth-order valence-electron chi connectivity index (χ4n) is 4.95. The summed E-state index contributed by atoms with van der Waals surface area (Å²) in [5, 5.41) is 2.99. The second-order valence-corrected chi connectivity index (χ2v) is 9.82. The Bertz CT molecular complexity index is 1160. The number of amides is 2. The van der Waals surface area contributed by atoms with E-state index in [0.29, 0.717) is 24.5 Å². The van der Waals surface area contributed by atoms with Crippen LogP contribution < -0.4 is 15.8 Å². The lowest BCUT2D eigenvalue weighted by molar-refractivity contribution is -0.130. The van der Waals surface area contributed by atoms with Crippen LogP contribution in [0.1, 0.15) is 66.6 Å². The third-order valence-corrected chi connectivity index (χ3v) is 6.74. The van der Waals surface area contributed by atoms with Gasteiger partial charge in [-0.3, -0.25) is 14.5 Å². The minimum Gasteiger partial charge on any atom is -0.493 e. The zero-order valence-corrected chi connectivity index (χ0v) is 19.2. The second-order valence-electron chi connectivity index (χ2n) is 9.82. The molecule has 0 saturated heterocycles. The summed E-state index contributed by atoms with van der Waals surface area (Å²) in [4.78, 5) is 31.9. The van der Waals surface area contributed by atoms with Gasteiger partial charge in [0.1, 0.15) is 11.6 Å². The van der Waals surface area contributed by atoms with E-state index in [-0.39, 0.29) is 42.3 Å². The summed E-state index contributed by atoms with van der Waals surface area (Å²) < 4.78 is 20.1. The smallest absolute Gasteiger partial charge is 0.251 e. The minimum absolute atomic E-state index is 0.0613. The monoisotopic (exact) mass is 464 g/mol. The largest absolute Gasteiger partial charge is 0.493 e. The van der Waals surface area contributed by atoms with Gasteiger partial charge in [-0.15, -0.1) is 0 Å². The predicted molar refractivity (Wildman–Crippen MR) is 126 cm³/mol.